The molecule has 10 nitrogen and oxygen atoms in total. The zero-order chi connectivity index (χ0) is 33.9. The van der Waals surface area contributed by atoms with Crippen LogP contribution in [0.5, 0.6) is 0 Å². The van der Waals surface area contributed by atoms with Crippen molar-refractivity contribution in [2.75, 3.05) is 13.1 Å². The molecule has 2 amide bonds. The molecule has 0 saturated carbocycles. The third-order valence-electron chi connectivity index (χ3n) is 8.27. The second-order valence-electron chi connectivity index (χ2n) is 14.5. The topological polar surface area (TPSA) is 116 Å². The van der Waals surface area contributed by atoms with Crippen molar-refractivity contribution < 1.29 is 19.1 Å². The molecular weight excluding hydrogens is 592 g/mol. The van der Waals surface area contributed by atoms with E-state index in [2.05, 4.69) is 51.4 Å². The quantitative estimate of drug-likeness (QED) is 0.189. The van der Waals surface area contributed by atoms with Gasteiger partial charge in [0.25, 0.3) is 0 Å². The van der Waals surface area contributed by atoms with Gasteiger partial charge in [0.05, 0.1) is 23.1 Å². The SMILES string of the molecule is CCCN(C(=O)OC(C)(C)C)C(C)c1nc2ccc(-c3ccc(CCc4cnc(C5CCCN5C(=O)OC(C)(C)C)[nH]4)cc3)cc2[nH]1. The molecule has 1 fully saturated rings. The molecule has 2 atom stereocenters. The van der Waals surface area contributed by atoms with Gasteiger partial charge in [-0.15, -0.1) is 0 Å². The van der Waals surface area contributed by atoms with Crippen LogP contribution in [0.4, 0.5) is 9.59 Å². The molecule has 0 spiro atoms. The second kappa shape index (κ2) is 13.8. The molecule has 2 aromatic heterocycles. The summed E-state index contributed by atoms with van der Waals surface area (Å²) in [5.74, 6) is 1.56. The Labute approximate surface area is 278 Å². The Bertz CT molecular complexity index is 1680. The van der Waals surface area contributed by atoms with E-state index in [4.69, 9.17) is 14.5 Å². The van der Waals surface area contributed by atoms with E-state index in [1.54, 1.807) is 9.80 Å². The van der Waals surface area contributed by atoms with E-state index >= 15 is 0 Å². The number of carbonyl (C=O) groups excluding carboxylic acids is 2. The average Bonchev–Trinajstić information content (AvgIpc) is 3.76. The van der Waals surface area contributed by atoms with E-state index in [-0.39, 0.29) is 24.3 Å². The van der Waals surface area contributed by atoms with Crippen molar-refractivity contribution in [1.82, 2.24) is 29.7 Å². The molecule has 2 aromatic carbocycles. The minimum absolute atomic E-state index is 0.0790. The van der Waals surface area contributed by atoms with E-state index in [0.29, 0.717) is 13.1 Å². The number of imidazole rings is 2. The van der Waals surface area contributed by atoms with Crippen LogP contribution in [0, 0.1) is 0 Å². The van der Waals surface area contributed by atoms with Crippen molar-refractivity contribution in [3.8, 4) is 11.1 Å². The summed E-state index contributed by atoms with van der Waals surface area (Å²) >= 11 is 0. The molecular formula is C37H50N6O4. The summed E-state index contributed by atoms with van der Waals surface area (Å²) in [7, 11) is 0. The van der Waals surface area contributed by atoms with Crippen LogP contribution >= 0.6 is 0 Å². The average molecular weight is 643 g/mol. The Kier molecular flexibility index (Phi) is 9.98. The summed E-state index contributed by atoms with van der Waals surface area (Å²) in [5.41, 5.74) is 5.20. The molecule has 2 unspecified atom stereocenters. The van der Waals surface area contributed by atoms with E-state index < -0.39 is 11.2 Å². The predicted octanol–water partition coefficient (Wildman–Crippen LogP) is 8.52. The van der Waals surface area contributed by atoms with E-state index in [0.717, 1.165) is 71.6 Å². The Morgan fingerprint density at radius 3 is 2.36 bits per heavy atom. The number of likely N-dealkylation sites (tertiary alicyclic amines) is 1. The van der Waals surface area contributed by atoms with Crippen molar-refractivity contribution in [2.24, 2.45) is 0 Å². The maximum absolute atomic E-state index is 12.9. The number of ether oxygens (including phenoxy) is 2. The maximum atomic E-state index is 12.9. The summed E-state index contributed by atoms with van der Waals surface area (Å²) in [6.45, 7) is 16.6. The monoisotopic (exact) mass is 642 g/mol. The minimum atomic E-state index is -0.564. The zero-order valence-electron chi connectivity index (χ0n) is 29.1. The number of benzene rings is 2. The first-order valence-corrected chi connectivity index (χ1v) is 16.8. The Morgan fingerprint density at radius 2 is 1.68 bits per heavy atom. The van der Waals surface area contributed by atoms with E-state index in [1.807, 2.05) is 67.7 Å². The highest BCUT2D eigenvalue weighted by Crippen LogP contribution is 2.32. The highest BCUT2D eigenvalue weighted by Gasteiger charge is 2.35. The number of aromatic nitrogens is 4. The third kappa shape index (κ3) is 8.53. The maximum Gasteiger partial charge on any atom is 0.410 e. The van der Waals surface area contributed by atoms with Crippen LogP contribution in [0.25, 0.3) is 22.2 Å². The molecule has 1 saturated heterocycles. The molecule has 1 aliphatic heterocycles. The molecule has 252 valence electrons. The van der Waals surface area contributed by atoms with Gasteiger partial charge in [-0.25, -0.2) is 19.6 Å². The van der Waals surface area contributed by atoms with Gasteiger partial charge in [-0.05, 0) is 109 Å². The van der Waals surface area contributed by atoms with Gasteiger partial charge in [0.2, 0.25) is 0 Å². The molecule has 4 aromatic rings. The predicted molar refractivity (Wildman–Crippen MR) is 184 cm³/mol. The molecule has 5 rings (SSSR count). The molecule has 0 aliphatic carbocycles. The largest absolute Gasteiger partial charge is 0.444 e. The van der Waals surface area contributed by atoms with Crippen molar-refractivity contribution in [1.29, 1.82) is 0 Å². The number of hydrogen-bond acceptors (Lipinski definition) is 6. The Hall–Kier alpha value is -4.34. The van der Waals surface area contributed by atoms with Crippen LogP contribution in [-0.4, -0.2) is 66.2 Å². The molecule has 0 radical (unpaired) electrons. The van der Waals surface area contributed by atoms with Gasteiger partial charge in [-0.1, -0.05) is 37.3 Å². The highest BCUT2D eigenvalue weighted by molar-refractivity contribution is 5.82. The van der Waals surface area contributed by atoms with Gasteiger partial charge in [-0.3, -0.25) is 9.80 Å². The van der Waals surface area contributed by atoms with Crippen LogP contribution in [0.1, 0.15) is 110 Å². The van der Waals surface area contributed by atoms with Crippen LogP contribution in [0.15, 0.2) is 48.7 Å². The van der Waals surface area contributed by atoms with Gasteiger partial charge < -0.3 is 19.4 Å². The summed E-state index contributed by atoms with van der Waals surface area (Å²) < 4.78 is 11.3. The number of aromatic amines is 2. The lowest BCUT2D eigenvalue weighted by Crippen LogP contribution is -2.39. The van der Waals surface area contributed by atoms with Gasteiger partial charge in [0.15, 0.2) is 0 Å². The number of rotatable bonds is 9. The van der Waals surface area contributed by atoms with Crippen molar-refractivity contribution in [3.63, 3.8) is 0 Å². The molecule has 0 bridgehead atoms. The first kappa shape index (κ1) is 34.0. The van der Waals surface area contributed by atoms with Gasteiger partial charge in [-0.2, -0.15) is 0 Å². The summed E-state index contributed by atoms with van der Waals surface area (Å²) in [6, 6.07) is 14.5. The van der Waals surface area contributed by atoms with Crippen molar-refractivity contribution in [2.45, 2.75) is 111 Å². The standard InChI is InChI=1S/C37H50N6O4/c1-9-20-42(34(44)46-36(3,4)5)24(2)32-40-29-19-17-27(22-30(29)41-32)26-15-12-25(13-16-26)14-18-28-23-38-33(39-28)31-11-10-21-43(31)35(45)47-37(6,7)8/h12-13,15-17,19,22-24,31H,9-11,14,18,20-21H2,1-8H3,(H,38,39)(H,40,41). The Balaban J connectivity index is 1.22. The number of H-pyrrole nitrogens is 2. The minimum Gasteiger partial charge on any atom is -0.444 e. The summed E-state index contributed by atoms with van der Waals surface area (Å²) in [5, 5.41) is 0. The number of aryl methyl sites for hydroxylation is 2. The molecule has 1 aliphatic rings. The van der Waals surface area contributed by atoms with Crippen LogP contribution in [0.3, 0.4) is 0 Å². The Morgan fingerprint density at radius 1 is 0.979 bits per heavy atom. The number of hydrogen-bond donors (Lipinski definition) is 2. The highest BCUT2D eigenvalue weighted by atomic mass is 16.6. The first-order valence-electron chi connectivity index (χ1n) is 16.8. The van der Waals surface area contributed by atoms with Crippen LogP contribution < -0.4 is 0 Å². The van der Waals surface area contributed by atoms with Crippen LogP contribution in [0.2, 0.25) is 0 Å². The fourth-order valence-electron chi connectivity index (χ4n) is 5.96. The van der Waals surface area contributed by atoms with E-state index in [9.17, 15) is 9.59 Å². The zero-order valence-corrected chi connectivity index (χ0v) is 29.1. The number of nitrogens with one attached hydrogen (secondary N) is 2. The van der Waals surface area contributed by atoms with Crippen LogP contribution in [-0.2, 0) is 22.3 Å². The molecule has 3 heterocycles. The molecule has 2 N–H and O–H groups in total. The summed E-state index contributed by atoms with van der Waals surface area (Å²) in [4.78, 5) is 45.6. The van der Waals surface area contributed by atoms with Crippen molar-refractivity contribution >= 4 is 23.2 Å². The number of carbonyl (C=O) groups is 2. The number of amides is 2. The normalized spacial score (nSPS) is 16.0. The lowest BCUT2D eigenvalue weighted by Gasteiger charge is -2.30. The van der Waals surface area contributed by atoms with Gasteiger partial charge in [0, 0.05) is 25.0 Å². The lowest BCUT2D eigenvalue weighted by molar-refractivity contribution is 0.0165. The fourth-order valence-corrected chi connectivity index (χ4v) is 5.96. The smallest absolute Gasteiger partial charge is 0.410 e. The third-order valence-corrected chi connectivity index (χ3v) is 8.27. The lowest BCUT2D eigenvalue weighted by atomic mass is 10.0. The first-order chi connectivity index (χ1) is 22.2. The molecule has 10 heteroatoms. The van der Waals surface area contributed by atoms with Gasteiger partial charge >= 0.3 is 12.2 Å². The number of fused-ring (bicyclic) bond motifs is 1. The van der Waals surface area contributed by atoms with Crippen molar-refractivity contribution in [3.05, 3.63) is 71.6 Å². The summed E-state index contributed by atoms with van der Waals surface area (Å²) in [6.07, 6.45) is 5.60. The second-order valence-corrected chi connectivity index (χ2v) is 14.5. The van der Waals surface area contributed by atoms with Gasteiger partial charge in [0.1, 0.15) is 22.9 Å². The van der Waals surface area contributed by atoms with E-state index in [1.165, 1.54) is 5.56 Å². The number of nitrogens with zero attached hydrogens (tertiary/aromatic N) is 4. The molecule has 47 heavy (non-hydrogen) atoms. The fraction of sp³-hybridized carbons (Fsp3) is 0.514.